The van der Waals surface area contributed by atoms with E-state index in [0.717, 1.165) is 25.3 Å². The molecule has 3 aromatic rings. The van der Waals surface area contributed by atoms with Crippen LogP contribution in [0.15, 0.2) is 41.0 Å². The first-order valence-electron chi connectivity index (χ1n) is 4.55. The van der Waals surface area contributed by atoms with E-state index in [1.54, 1.807) is 12.3 Å². The minimum Gasteiger partial charge on any atom is -0.507 e. The fourth-order valence-corrected chi connectivity index (χ4v) is 2.70. The van der Waals surface area contributed by atoms with Crippen molar-refractivity contribution in [2.75, 3.05) is 0 Å². The van der Waals surface area contributed by atoms with Gasteiger partial charge in [-0.3, -0.25) is 0 Å². The molecule has 0 amide bonds. The Balaban J connectivity index is 2.69. The van der Waals surface area contributed by atoms with Gasteiger partial charge in [0.05, 0.1) is 15.2 Å². The fourth-order valence-electron chi connectivity index (χ4n) is 1.81. The van der Waals surface area contributed by atoms with Gasteiger partial charge in [0, 0.05) is 10.8 Å². The largest absolute Gasteiger partial charge is 0.507 e. The van der Waals surface area contributed by atoms with Gasteiger partial charge in [-0.15, -0.1) is 0 Å². The first-order chi connectivity index (χ1) is 7.29. The summed E-state index contributed by atoms with van der Waals surface area (Å²) < 4.78 is 6.41. The van der Waals surface area contributed by atoms with Crippen LogP contribution in [-0.2, 0) is 0 Å². The maximum atomic E-state index is 10.1. The lowest BCUT2D eigenvalue weighted by Crippen LogP contribution is -1.80. The first-order valence-corrected chi connectivity index (χ1v) is 5.63. The zero-order valence-corrected chi connectivity index (χ0v) is 9.86. The highest BCUT2D eigenvalue weighted by molar-refractivity contribution is 14.1. The Hall–Kier alpha value is -1.23. The molecule has 74 valence electrons. The van der Waals surface area contributed by atoms with E-state index in [2.05, 4.69) is 22.6 Å². The molecular weight excluding hydrogens is 303 g/mol. The number of aromatic hydroxyl groups is 1. The summed E-state index contributed by atoms with van der Waals surface area (Å²) in [5.41, 5.74) is 0.756. The summed E-state index contributed by atoms with van der Waals surface area (Å²) in [6.07, 6.45) is 1.60. The quantitative estimate of drug-likeness (QED) is 0.639. The van der Waals surface area contributed by atoms with Gasteiger partial charge in [0.2, 0.25) is 0 Å². The van der Waals surface area contributed by atoms with Crippen LogP contribution in [0.5, 0.6) is 5.75 Å². The molecule has 0 aliphatic heterocycles. The molecule has 0 bridgehead atoms. The Morgan fingerprint density at radius 2 is 1.73 bits per heavy atom. The van der Waals surface area contributed by atoms with Crippen LogP contribution >= 0.6 is 22.6 Å². The van der Waals surface area contributed by atoms with Gasteiger partial charge < -0.3 is 9.52 Å². The van der Waals surface area contributed by atoms with Crippen LogP contribution in [0.4, 0.5) is 0 Å². The SMILES string of the molecule is Oc1c2ccccc2c(I)c2occc12. The smallest absolute Gasteiger partial charge is 0.151 e. The van der Waals surface area contributed by atoms with Crippen LogP contribution in [0, 0.1) is 3.57 Å². The number of furan rings is 1. The van der Waals surface area contributed by atoms with E-state index in [9.17, 15) is 5.11 Å². The third-order valence-electron chi connectivity index (χ3n) is 2.54. The van der Waals surface area contributed by atoms with Crippen molar-refractivity contribution in [1.82, 2.24) is 0 Å². The minimum atomic E-state index is 0.301. The average molecular weight is 310 g/mol. The molecule has 0 aliphatic rings. The highest BCUT2D eigenvalue weighted by Gasteiger charge is 2.12. The van der Waals surface area contributed by atoms with Crippen LogP contribution < -0.4 is 0 Å². The molecule has 3 heteroatoms. The molecule has 1 aromatic heterocycles. The topological polar surface area (TPSA) is 33.4 Å². The van der Waals surface area contributed by atoms with Gasteiger partial charge in [-0.25, -0.2) is 0 Å². The molecule has 2 aromatic carbocycles. The normalized spacial score (nSPS) is 11.3. The third kappa shape index (κ3) is 1.16. The molecule has 15 heavy (non-hydrogen) atoms. The van der Waals surface area contributed by atoms with Gasteiger partial charge in [-0.05, 0) is 28.7 Å². The molecule has 0 saturated heterocycles. The Morgan fingerprint density at radius 1 is 1.00 bits per heavy atom. The Morgan fingerprint density at radius 3 is 2.53 bits per heavy atom. The van der Waals surface area contributed by atoms with E-state index in [0.29, 0.717) is 5.75 Å². The van der Waals surface area contributed by atoms with Crippen LogP contribution in [0.25, 0.3) is 21.7 Å². The van der Waals surface area contributed by atoms with Crippen molar-refractivity contribution in [3.05, 3.63) is 40.2 Å². The summed E-state index contributed by atoms with van der Waals surface area (Å²) in [4.78, 5) is 0. The van der Waals surface area contributed by atoms with Gasteiger partial charge in [0.15, 0.2) is 5.58 Å². The minimum absolute atomic E-state index is 0.301. The average Bonchev–Trinajstić information content (AvgIpc) is 2.75. The van der Waals surface area contributed by atoms with Gasteiger partial charge in [0.1, 0.15) is 5.75 Å². The summed E-state index contributed by atoms with van der Waals surface area (Å²) >= 11 is 2.24. The molecule has 0 fully saturated rings. The molecule has 0 spiro atoms. The van der Waals surface area contributed by atoms with Crippen LogP contribution in [0.3, 0.4) is 0 Å². The number of phenolic OH excluding ortho intramolecular Hbond substituents is 1. The van der Waals surface area contributed by atoms with Crippen LogP contribution in [-0.4, -0.2) is 5.11 Å². The number of phenols is 1. The van der Waals surface area contributed by atoms with Crippen molar-refractivity contribution < 1.29 is 9.52 Å². The lowest BCUT2D eigenvalue weighted by molar-refractivity contribution is 0.487. The summed E-state index contributed by atoms with van der Waals surface area (Å²) in [7, 11) is 0. The highest BCUT2D eigenvalue weighted by Crippen LogP contribution is 2.38. The van der Waals surface area contributed by atoms with Crippen molar-refractivity contribution in [3.63, 3.8) is 0 Å². The molecule has 0 aliphatic carbocycles. The van der Waals surface area contributed by atoms with E-state index < -0.39 is 0 Å². The van der Waals surface area contributed by atoms with Crippen molar-refractivity contribution in [1.29, 1.82) is 0 Å². The number of hydrogen-bond donors (Lipinski definition) is 1. The molecule has 1 N–H and O–H groups in total. The number of benzene rings is 2. The summed E-state index contributed by atoms with van der Waals surface area (Å²) in [6, 6.07) is 9.57. The second-order valence-corrected chi connectivity index (χ2v) is 4.45. The zero-order valence-electron chi connectivity index (χ0n) is 7.70. The maximum Gasteiger partial charge on any atom is 0.151 e. The van der Waals surface area contributed by atoms with Crippen LogP contribution in [0.1, 0.15) is 0 Å². The molecule has 3 rings (SSSR count). The lowest BCUT2D eigenvalue weighted by atomic mass is 10.1. The van der Waals surface area contributed by atoms with Gasteiger partial charge in [0.25, 0.3) is 0 Å². The van der Waals surface area contributed by atoms with Crippen molar-refractivity contribution >= 4 is 44.3 Å². The van der Waals surface area contributed by atoms with Crippen molar-refractivity contribution in [2.24, 2.45) is 0 Å². The van der Waals surface area contributed by atoms with Gasteiger partial charge >= 0.3 is 0 Å². The summed E-state index contributed by atoms with van der Waals surface area (Å²) in [5, 5.41) is 12.7. The molecule has 1 heterocycles. The van der Waals surface area contributed by atoms with Crippen LogP contribution in [0.2, 0.25) is 0 Å². The molecule has 0 atom stereocenters. The van der Waals surface area contributed by atoms with E-state index in [-0.39, 0.29) is 0 Å². The second-order valence-electron chi connectivity index (χ2n) is 3.37. The highest BCUT2D eigenvalue weighted by atomic mass is 127. The second kappa shape index (κ2) is 3.13. The Kier molecular flexibility index (Phi) is 1.88. The van der Waals surface area contributed by atoms with E-state index in [1.807, 2.05) is 24.3 Å². The summed E-state index contributed by atoms with van der Waals surface area (Å²) in [5.74, 6) is 0.301. The van der Waals surface area contributed by atoms with E-state index in [4.69, 9.17) is 4.42 Å². The van der Waals surface area contributed by atoms with Gasteiger partial charge in [-0.1, -0.05) is 24.3 Å². The number of hydrogen-bond acceptors (Lipinski definition) is 2. The number of fused-ring (bicyclic) bond motifs is 2. The predicted octanol–water partition coefficient (Wildman–Crippen LogP) is 3.90. The molecular formula is C12H7IO2. The van der Waals surface area contributed by atoms with Gasteiger partial charge in [-0.2, -0.15) is 0 Å². The third-order valence-corrected chi connectivity index (χ3v) is 3.61. The molecule has 0 unspecified atom stereocenters. The van der Waals surface area contributed by atoms with E-state index in [1.165, 1.54) is 0 Å². The number of halogens is 1. The molecule has 2 nitrogen and oxygen atoms in total. The molecule has 0 radical (unpaired) electrons. The first kappa shape index (κ1) is 9.03. The van der Waals surface area contributed by atoms with Crippen molar-refractivity contribution in [3.8, 4) is 5.75 Å². The molecule has 0 saturated carbocycles. The van der Waals surface area contributed by atoms with Crippen molar-refractivity contribution in [2.45, 2.75) is 0 Å². The Labute approximate surface area is 99.6 Å². The summed E-state index contributed by atoms with van der Waals surface area (Å²) in [6.45, 7) is 0. The Bertz CT molecular complexity index is 600. The predicted molar refractivity (Wildman–Crippen MR) is 68.1 cm³/mol. The van der Waals surface area contributed by atoms with E-state index >= 15 is 0 Å². The lowest BCUT2D eigenvalue weighted by Gasteiger charge is -2.04. The number of rotatable bonds is 0. The maximum absolute atomic E-state index is 10.1. The fraction of sp³-hybridized carbons (Fsp3) is 0. The standard InChI is InChI=1S/C12H7IO2/c13-10-7-3-1-2-4-8(7)11(14)9-5-6-15-12(9)10/h1-6,14H. The monoisotopic (exact) mass is 310 g/mol. The zero-order chi connectivity index (χ0) is 10.4.